The molecule has 0 spiro atoms. The zero-order valence-electron chi connectivity index (χ0n) is 11.4. The second-order valence-corrected chi connectivity index (χ2v) is 5.19. The highest BCUT2D eigenvalue weighted by molar-refractivity contribution is 5.94. The molecule has 1 rings (SSSR count). The second-order valence-electron chi connectivity index (χ2n) is 5.19. The monoisotopic (exact) mass is 237 g/mol. The van der Waals surface area contributed by atoms with Gasteiger partial charge in [-0.25, -0.2) is 0 Å². The highest BCUT2D eigenvalue weighted by Crippen LogP contribution is 2.35. The molecule has 0 aliphatic carbocycles. The molecule has 0 saturated carbocycles. The first kappa shape index (κ1) is 14.1. The van der Waals surface area contributed by atoms with E-state index in [4.69, 9.17) is 4.74 Å². The molecule has 1 saturated heterocycles. The predicted molar refractivity (Wildman–Crippen MR) is 68.5 cm³/mol. The Labute approximate surface area is 105 Å². The summed E-state index contributed by atoms with van der Waals surface area (Å²) in [6, 6.07) is 0. The highest BCUT2D eigenvalue weighted by Gasteiger charge is 2.43. The maximum Gasteiger partial charge on any atom is 0.298 e. The number of carbonyl (C=O) groups excluding carboxylic acids is 1. The van der Waals surface area contributed by atoms with Crippen molar-refractivity contribution >= 4 is 5.91 Å². The van der Waals surface area contributed by atoms with Gasteiger partial charge in [0, 0.05) is 13.7 Å². The summed E-state index contributed by atoms with van der Waals surface area (Å²) in [5.74, 6) is 5.85. The second kappa shape index (κ2) is 6.07. The lowest BCUT2D eigenvalue weighted by atomic mass is 9.87. The summed E-state index contributed by atoms with van der Waals surface area (Å²) in [5, 5.41) is 0. The van der Waals surface area contributed by atoms with Crippen molar-refractivity contribution in [2.45, 2.75) is 45.6 Å². The fourth-order valence-corrected chi connectivity index (χ4v) is 2.88. The number of hydrogen-bond acceptors (Lipinski definition) is 2. The minimum atomic E-state index is -0.135. The Balaban J connectivity index is 2.91. The van der Waals surface area contributed by atoms with E-state index in [2.05, 4.69) is 25.7 Å². The average Bonchev–Trinajstić information content (AvgIpc) is 2.61. The van der Waals surface area contributed by atoms with Crippen LogP contribution in [0, 0.1) is 17.8 Å². The van der Waals surface area contributed by atoms with Crippen LogP contribution in [0.4, 0.5) is 0 Å². The molecular formula is C14H23NO2. The number of rotatable bonds is 4. The first-order valence-corrected chi connectivity index (χ1v) is 6.29. The number of nitrogens with zero attached hydrogens (tertiary/aromatic N) is 1. The smallest absolute Gasteiger partial charge is 0.298 e. The average molecular weight is 237 g/mol. The Bertz CT molecular complexity index is 327. The number of likely N-dealkylation sites (tertiary alicyclic amines) is 1. The van der Waals surface area contributed by atoms with Gasteiger partial charge in [-0.3, -0.25) is 4.79 Å². The van der Waals surface area contributed by atoms with Gasteiger partial charge >= 0.3 is 0 Å². The van der Waals surface area contributed by atoms with Gasteiger partial charge in [-0.15, -0.1) is 0 Å². The summed E-state index contributed by atoms with van der Waals surface area (Å²) in [6.45, 7) is 7.49. The maximum absolute atomic E-state index is 12.0. The molecule has 1 heterocycles. The fourth-order valence-electron chi connectivity index (χ4n) is 2.88. The largest absolute Gasteiger partial charge is 0.382 e. The molecule has 0 aromatic rings. The molecule has 0 aromatic carbocycles. The number of hydrogen-bond donors (Lipinski definition) is 0. The van der Waals surface area contributed by atoms with Crippen molar-refractivity contribution in [3.8, 4) is 11.8 Å². The Morgan fingerprint density at radius 1 is 1.53 bits per heavy atom. The molecule has 1 amide bonds. The van der Waals surface area contributed by atoms with Gasteiger partial charge in [-0.05, 0) is 38.0 Å². The quantitative estimate of drug-likeness (QED) is 0.700. The van der Waals surface area contributed by atoms with Gasteiger partial charge in [0.15, 0.2) is 0 Å². The van der Waals surface area contributed by atoms with Gasteiger partial charge in [-0.2, -0.15) is 0 Å². The lowest BCUT2D eigenvalue weighted by Crippen LogP contribution is -2.51. The number of carbonyl (C=O) groups is 1. The van der Waals surface area contributed by atoms with Crippen LogP contribution < -0.4 is 0 Å². The van der Waals surface area contributed by atoms with Gasteiger partial charge in [0.1, 0.15) is 0 Å². The fraction of sp³-hybridized carbons (Fsp3) is 0.786. The van der Waals surface area contributed by atoms with Crippen LogP contribution in [-0.2, 0) is 9.53 Å². The molecule has 1 aliphatic heterocycles. The van der Waals surface area contributed by atoms with Crippen LogP contribution in [0.25, 0.3) is 0 Å². The first-order chi connectivity index (χ1) is 8.05. The minimum Gasteiger partial charge on any atom is -0.382 e. The van der Waals surface area contributed by atoms with E-state index in [1.807, 2.05) is 4.90 Å². The third-order valence-electron chi connectivity index (χ3n) is 3.27. The van der Waals surface area contributed by atoms with E-state index in [0.29, 0.717) is 12.5 Å². The van der Waals surface area contributed by atoms with E-state index in [9.17, 15) is 4.79 Å². The molecule has 0 N–H and O–H groups in total. The predicted octanol–water partition coefficient (Wildman–Crippen LogP) is 2.06. The van der Waals surface area contributed by atoms with Crippen LogP contribution in [-0.4, -0.2) is 36.6 Å². The van der Waals surface area contributed by atoms with Crippen molar-refractivity contribution in [1.82, 2.24) is 4.90 Å². The van der Waals surface area contributed by atoms with Crippen LogP contribution in [0.5, 0.6) is 0 Å². The van der Waals surface area contributed by atoms with Gasteiger partial charge in [0.25, 0.3) is 5.91 Å². The Kier molecular flexibility index (Phi) is 5.02. The number of amides is 1. The SMILES string of the molecule is CC#CC(=O)N1CCC[C@@]1(COC)CC(C)C. The molecule has 3 nitrogen and oxygen atoms in total. The molecule has 0 radical (unpaired) electrons. The third-order valence-corrected chi connectivity index (χ3v) is 3.27. The maximum atomic E-state index is 12.0. The molecule has 0 aromatic heterocycles. The summed E-state index contributed by atoms with van der Waals surface area (Å²) < 4.78 is 5.35. The van der Waals surface area contributed by atoms with Crippen molar-refractivity contribution < 1.29 is 9.53 Å². The Hall–Kier alpha value is -1.01. The Morgan fingerprint density at radius 3 is 2.76 bits per heavy atom. The van der Waals surface area contributed by atoms with Crippen molar-refractivity contribution in [2.24, 2.45) is 5.92 Å². The van der Waals surface area contributed by atoms with Crippen molar-refractivity contribution in [3.05, 3.63) is 0 Å². The van der Waals surface area contributed by atoms with Gasteiger partial charge < -0.3 is 9.64 Å². The molecule has 1 aliphatic rings. The molecule has 3 heteroatoms. The zero-order valence-corrected chi connectivity index (χ0v) is 11.4. The molecule has 96 valence electrons. The van der Waals surface area contributed by atoms with E-state index < -0.39 is 0 Å². The number of ether oxygens (including phenoxy) is 1. The van der Waals surface area contributed by atoms with E-state index in [0.717, 1.165) is 25.8 Å². The minimum absolute atomic E-state index is 0.0531. The van der Waals surface area contributed by atoms with Crippen LogP contribution >= 0.6 is 0 Å². The van der Waals surface area contributed by atoms with Gasteiger partial charge in [0.2, 0.25) is 0 Å². The standard InChI is InChI=1S/C14H23NO2/c1-5-7-13(16)15-9-6-8-14(15,11-17-4)10-12(2)3/h12H,6,8-11H2,1-4H3/t14-/m0/s1. The van der Waals surface area contributed by atoms with E-state index in [1.165, 1.54) is 0 Å². The highest BCUT2D eigenvalue weighted by atomic mass is 16.5. The van der Waals surface area contributed by atoms with E-state index in [1.54, 1.807) is 14.0 Å². The zero-order chi connectivity index (χ0) is 12.9. The van der Waals surface area contributed by atoms with Crippen molar-refractivity contribution in [3.63, 3.8) is 0 Å². The van der Waals surface area contributed by atoms with E-state index in [-0.39, 0.29) is 11.4 Å². The summed E-state index contributed by atoms with van der Waals surface area (Å²) >= 11 is 0. The van der Waals surface area contributed by atoms with Crippen LogP contribution in [0.2, 0.25) is 0 Å². The van der Waals surface area contributed by atoms with Crippen LogP contribution in [0.15, 0.2) is 0 Å². The summed E-state index contributed by atoms with van der Waals surface area (Å²) in [4.78, 5) is 13.9. The topological polar surface area (TPSA) is 29.5 Å². The summed E-state index contributed by atoms with van der Waals surface area (Å²) in [5.41, 5.74) is -0.135. The third kappa shape index (κ3) is 3.23. The van der Waals surface area contributed by atoms with Crippen LogP contribution in [0.3, 0.4) is 0 Å². The van der Waals surface area contributed by atoms with Gasteiger partial charge in [-0.1, -0.05) is 19.8 Å². The normalized spacial score (nSPS) is 23.7. The number of methoxy groups -OCH3 is 1. The summed E-state index contributed by atoms with van der Waals surface area (Å²) in [6.07, 6.45) is 3.06. The molecule has 17 heavy (non-hydrogen) atoms. The van der Waals surface area contributed by atoms with Crippen LogP contribution in [0.1, 0.15) is 40.0 Å². The first-order valence-electron chi connectivity index (χ1n) is 6.29. The molecule has 1 fully saturated rings. The Morgan fingerprint density at radius 2 is 2.24 bits per heavy atom. The van der Waals surface area contributed by atoms with Gasteiger partial charge in [0.05, 0.1) is 12.1 Å². The van der Waals surface area contributed by atoms with E-state index >= 15 is 0 Å². The lowest BCUT2D eigenvalue weighted by molar-refractivity contribution is -0.131. The molecule has 0 unspecified atom stereocenters. The molecule has 1 atom stereocenters. The molecule has 0 bridgehead atoms. The molecular weight excluding hydrogens is 214 g/mol. The van der Waals surface area contributed by atoms with Crippen molar-refractivity contribution in [1.29, 1.82) is 0 Å². The van der Waals surface area contributed by atoms with Crippen molar-refractivity contribution in [2.75, 3.05) is 20.3 Å². The summed E-state index contributed by atoms with van der Waals surface area (Å²) in [7, 11) is 1.70. The lowest BCUT2D eigenvalue weighted by Gasteiger charge is -2.38.